The third kappa shape index (κ3) is 4.99. The third-order valence-corrected chi connectivity index (χ3v) is 4.30. The highest BCUT2D eigenvalue weighted by Crippen LogP contribution is 2.24. The summed E-state index contributed by atoms with van der Waals surface area (Å²) in [7, 11) is 0. The molecule has 2 N–H and O–H groups in total. The highest BCUT2D eigenvalue weighted by Gasteiger charge is 2.15. The Hall–Kier alpha value is -4.34. The number of aromatic nitrogens is 4. The molecule has 156 valence electrons. The van der Waals surface area contributed by atoms with Crippen LogP contribution >= 0.6 is 0 Å². The second kappa shape index (κ2) is 8.99. The second-order valence-corrected chi connectivity index (χ2v) is 6.51. The lowest BCUT2D eigenvalue weighted by atomic mass is 10.1. The lowest BCUT2D eigenvalue weighted by Crippen LogP contribution is -2.27. The van der Waals surface area contributed by atoms with Crippen molar-refractivity contribution in [2.75, 3.05) is 5.32 Å². The Bertz CT molecular complexity index is 1190. The number of anilines is 1. The highest BCUT2D eigenvalue weighted by atomic mass is 19.1. The van der Waals surface area contributed by atoms with Crippen molar-refractivity contribution in [3.05, 3.63) is 84.1 Å². The lowest BCUT2D eigenvalue weighted by Gasteiger charge is -2.08. The molecule has 4 rings (SSSR count). The Morgan fingerprint density at radius 3 is 2.61 bits per heavy atom. The zero-order valence-corrected chi connectivity index (χ0v) is 16.2. The first-order valence-electron chi connectivity index (χ1n) is 9.32. The van der Waals surface area contributed by atoms with Gasteiger partial charge >= 0.3 is 0 Å². The molecule has 0 fully saturated rings. The molecule has 0 saturated carbocycles. The number of nitrogens with one attached hydrogen (secondary N) is 2. The second-order valence-electron chi connectivity index (χ2n) is 6.51. The molecule has 10 heteroatoms. The van der Waals surface area contributed by atoms with Crippen LogP contribution in [-0.2, 0) is 17.9 Å². The van der Waals surface area contributed by atoms with E-state index in [1.165, 1.54) is 30.5 Å². The topological polar surface area (TPSA) is 115 Å². The van der Waals surface area contributed by atoms with Crippen LogP contribution in [0.4, 0.5) is 10.1 Å². The van der Waals surface area contributed by atoms with Gasteiger partial charge in [0.1, 0.15) is 18.1 Å². The molecule has 0 aliphatic carbocycles. The Labute approximate surface area is 175 Å². The average molecular weight is 420 g/mol. The van der Waals surface area contributed by atoms with Crippen LogP contribution in [0.15, 0.2) is 71.3 Å². The molecular formula is C21H17FN6O3. The fraction of sp³-hybridized carbons (Fsp3) is 0.0952. The van der Waals surface area contributed by atoms with Crippen molar-refractivity contribution in [3.63, 3.8) is 0 Å². The number of hydrogen-bond acceptors (Lipinski definition) is 6. The van der Waals surface area contributed by atoms with E-state index in [4.69, 9.17) is 4.42 Å². The zero-order valence-electron chi connectivity index (χ0n) is 16.2. The van der Waals surface area contributed by atoms with Crippen molar-refractivity contribution < 1.29 is 18.4 Å². The van der Waals surface area contributed by atoms with E-state index in [0.29, 0.717) is 22.6 Å². The van der Waals surface area contributed by atoms with Gasteiger partial charge in [0.2, 0.25) is 11.7 Å². The summed E-state index contributed by atoms with van der Waals surface area (Å²) in [6.45, 7) is 0.128. The molecule has 4 aromatic rings. The summed E-state index contributed by atoms with van der Waals surface area (Å²) in [5.41, 5.74) is 1.29. The van der Waals surface area contributed by atoms with Crippen LogP contribution in [0, 0.1) is 5.82 Å². The summed E-state index contributed by atoms with van der Waals surface area (Å²) < 4.78 is 18.2. The van der Waals surface area contributed by atoms with E-state index in [1.807, 2.05) is 0 Å². The van der Waals surface area contributed by atoms with Crippen molar-refractivity contribution >= 4 is 17.5 Å². The van der Waals surface area contributed by atoms with Gasteiger partial charge in [-0.2, -0.15) is 4.80 Å². The van der Waals surface area contributed by atoms with E-state index >= 15 is 0 Å². The van der Waals surface area contributed by atoms with Gasteiger partial charge in [-0.1, -0.05) is 12.1 Å². The quantitative estimate of drug-likeness (QED) is 0.475. The molecule has 2 aromatic heterocycles. The van der Waals surface area contributed by atoms with Crippen molar-refractivity contribution in [2.24, 2.45) is 0 Å². The van der Waals surface area contributed by atoms with Gasteiger partial charge < -0.3 is 15.1 Å². The number of furan rings is 1. The number of halogens is 1. The predicted octanol–water partition coefficient (Wildman–Crippen LogP) is 2.64. The standard InChI is InChI=1S/C21H17FN6O3/c22-15-9-7-14(8-10-15)21(30)24-18-6-2-1-5-17(18)20-25-27-28(26-20)13-19(29)23-12-16-4-3-11-31-16/h1-11H,12-13H2,(H,23,29)(H,24,30). The van der Waals surface area contributed by atoms with Crippen LogP contribution < -0.4 is 10.6 Å². The molecule has 31 heavy (non-hydrogen) atoms. The van der Waals surface area contributed by atoms with Gasteiger partial charge in [-0.3, -0.25) is 9.59 Å². The van der Waals surface area contributed by atoms with E-state index in [9.17, 15) is 14.0 Å². The largest absolute Gasteiger partial charge is 0.467 e. The molecule has 0 saturated heterocycles. The van der Waals surface area contributed by atoms with Gasteiger partial charge in [0.15, 0.2) is 0 Å². The van der Waals surface area contributed by atoms with Crippen molar-refractivity contribution in [1.29, 1.82) is 0 Å². The Morgan fingerprint density at radius 2 is 1.84 bits per heavy atom. The van der Waals surface area contributed by atoms with Gasteiger partial charge in [-0.05, 0) is 53.7 Å². The molecule has 2 aromatic carbocycles. The minimum Gasteiger partial charge on any atom is -0.467 e. The summed E-state index contributed by atoms with van der Waals surface area (Å²) in [4.78, 5) is 25.7. The lowest BCUT2D eigenvalue weighted by molar-refractivity contribution is -0.122. The number of para-hydroxylation sites is 1. The summed E-state index contributed by atoms with van der Waals surface area (Å²) in [5.74, 6) is -0.262. The van der Waals surface area contributed by atoms with E-state index in [0.717, 1.165) is 4.80 Å². The molecule has 0 aliphatic heterocycles. The van der Waals surface area contributed by atoms with Gasteiger partial charge in [0.25, 0.3) is 5.91 Å². The summed E-state index contributed by atoms with van der Waals surface area (Å²) in [6.07, 6.45) is 1.53. The van der Waals surface area contributed by atoms with Crippen LogP contribution in [0.2, 0.25) is 0 Å². The Kier molecular flexibility index (Phi) is 5.79. The molecule has 2 heterocycles. The first-order chi connectivity index (χ1) is 15.1. The molecule has 0 aliphatic rings. The number of nitrogens with zero attached hydrogens (tertiary/aromatic N) is 4. The van der Waals surface area contributed by atoms with Crippen LogP contribution in [0.3, 0.4) is 0 Å². The summed E-state index contributed by atoms with van der Waals surface area (Å²) in [5, 5.41) is 17.6. The maximum atomic E-state index is 13.1. The van der Waals surface area contributed by atoms with Crippen LogP contribution in [0.25, 0.3) is 11.4 Å². The number of benzene rings is 2. The number of rotatable bonds is 7. The number of tetrazole rings is 1. The molecule has 0 unspecified atom stereocenters. The molecule has 0 bridgehead atoms. The molecule has 0 radical (unpaired) electrons. The minimum atomic E-state index is -0.425. The SMILES string of the molecule is O=C(Cn1nnc(-c2ccccc2NC(=O)c2ccc(F)cc2)n1)NCc1ccco1. The van der Waals surface area contributed by atoms with E-state index in [-0.39, 0.29) is 24.8 Å². The summed E-state index contributed by atoms with van der Waals surface area (Å²) in [6, 6.07) is 15.6. The van der Waals surface area contributed by atoms with Crippen LogP contribution in [-0.4, -0.2) is 32.0 Å². The molecule has 0 spiro atoms. The summed E-state index contributed by atoms with van der Waals surface area (Å²) >= 11 is 0. The number of carbonyl (C=O) groups excluding carboxylic acids is 2. The van der Waals surface area contributed by atoms with Crippen molar-refractivity contribution in [3.8, 4) is 11.4 Å². The van der Waals surface area contributed by atoms with Crippen molar-refractivity contribution in [1.82, 2.24) is 25.5 Å². The van der Waals surface area contributed by atoms with Gasteiger partial charge in [-0.25, -0.2) is 4.39 Å². The van der Waals surface area contributed by atoms with Crippen molar-refractivity contribution in [2.45, 2.75) is 13.1 Å². The maximum absolute atomic E-state index is 13.1. The molecular weight excluding hydrogens is 403 g/mol. The highest BCUT2D eigenvalue weighted by molar-refractivity contribution is 6.06. The smallest absolute Gasteiger partial charge is 0.255 e. The van der Waals surface area contributed by atoms with E-state index in [2.05, 4.69) is 26.0 Å². The normalized spacial score (nSPS) is 10.6. The van der Waals surface area contributed by atoms with Gasteiger partial charge in [0, 0.05) is 11.1 Å². The number of hydrogen-bond donors (Lipinski definition) is 2. The van der Waals surface area contributed by atoms with Gasteiger partial charge in [-0.15, -0.1) is 10.2 Å². The Balaban J connectivity index is 1.44. The third-order valence-electron chi connectivity index (χ3n) is 4.30. The minimum absolute atomic E-state index is 0.127. The first kappa shape index (κ1) is 20.0. The monoisotopic (exact) mass is 420 g/mol. The van der Waals surface area contributed by atoms with Gasteiger partial charge in [0.05, 0.1) is 18.5 Å². The van der Waals surface area contributed by atoms with E-state index in [1.54, 1.807) is 36.4 Å². The predicted molar refractivity (Wildman–Crippen MR) is 108 cm³/mol. The fourth-order valence-electron chi connectivity index (χ4n) is 2.78. The number of amides is 2. The first-order valence-corrected chi connectivity index (χ1v) is 9.32. The van der Waals surface area contributed by atoms with E-state index < -0.39 is 11.7 Å². The Morgan fingerprint density at radius 1 is 1.03 bits per heavy atom. The molecule has 0 atom stereocenters. The number of carbonyl (C=O) groups is 2. The zero-order chi connectivity index (χ0) is 21.6. The molecule has 2 amide bonds. The maximum Gasteiger partial charge on any atom is 0.255 e. The fourth-order valence-corrected chi connectivity index (χ4v) is 2.78. The molecule has 9 nitrogen and oxygen atoms in total. The van der Waals surface area contributed by atoms with Crippen LogP contribution in [0.1, 0.15) is 16.1 Å². The average Bonchev–Trinajstić information content (AvgIpc) is 3.45. The van der Waals surface area contributed by atoms with Crippen LogP contribution in [0.5, 0.6) is 0 Å².